The molecule has 0 radical (unpaired) electrons. The van der Waals surface area contributed by atoms with E-state index in [2.05, 4.69) is 29.6 Å². The Kier molecular flexibility index (Phi) is 6.61. The van der Waals surface area contributed by atoms with E-state index in [9.17, 15) is 0 Å². The Morgan fingerprint density at radius 3 is 2.95 bits per heavy atom. The summed E-state index contributed by atoms with van der Waals surface area (Å²) in [7, 11) is 1.96. The molecular weight excluding hydrogens is 302 g/mol. The van der Waals surface area contributed by atoms with Gasteiger partial charge in [0.15, 0.2) is 0 Å². The third kappa shape index (κ3) is 5.73. The van der Waals surface area contributed by atoms with Gasteiger partial charge in [-0.05, 0) is 43.1 Å². The summed E-state index contributed by atoms with van der Waals surface area (Å²) < 4.78 is 1.86. The first-order valence-electron chi connectivity index (χ1n) is 7.26. The van der Waals surface area contributed by atoms with Gasteiger partial charge < -0.3 is 5.32 Å². The first kappa shape index (κ1) is 16.4. The highest BCUT2D eigenvalue weighted by Crippen LogP contribution is 2.23. The summed E-state index contributed by atoms with van der Waals surface area (Å²) in [5, 5.41) is 8.58. The zero-order valence-corrected chi connectivity index (χ0v) is 14.1. The van der Waals surface area contributed by atoms with E-state index in [0.717, 1.165) is 30.2 Å². The largest absolute Gasteiger partial charge is 0.313 e. The lowest BCUT2D eigenvalue weighted by Gasteiger charge is -2.17. The quantitative estimate of drug-likeness (QED) is 0.750. The molecule has 0 saturated heterocycles. The third-order valence-electron chi connectivity index (χ3n) is 3.28. The van der Waals surface area contributed by atoms with Crippen LogP contribution in [0.2, 0.25) is 5.02 Å². The molecule has 3 nitrogen and oxygen atoms in total. The molecule has 5 heteroatoms. The lowest BCUT2D eigenvalue weighted by atomic mass is 10.1. The maximum absolute atomic E-state index is 6.03. The highest BCUT2D eigenvalue weighted by atomic mass is 35.5. The molecule has 114 valence electrons. The molecule has 0 spiro atoms. The highest BCUT2D eigenvalue weighted by Gasteiger charge is 2.09. The summed E-state index contributed by atoms with van der Waals surface area (Å²) in [6.07, 6.45) is 6.22. The number of hydrogen-bond acceptors (Lipinski definition) is 3. The molecule has 0 fully saturated rings. The number of halogens is 1. The molecule has 1 N–H and O–H groups in total. The van der Waals surface area contributed by atoms with Crippen molar-refractivity contribution in [3.8, 4) is 0 Å². The first-order valence-corrected chi connectivity index (χ1v) is 8.63. The SMILES string of the molecule is CCNC(CCc1cnn(C)c1)CSc1cccc(Cl)c1. The second kappa shape index (κ2) is 8.47. The molecule has 0 aliphatic heterocycles. The zero-order valence-electron chi connectivity index (χ0n) is 12.6. The molecule has 1 atom stereocenters. The predicted molar refractivity (Wildman–Crippen MR) is 91.2 cm³/mol. The van der Waals surface area contributed by atoms with E-state index in [1.165, 1.54) is 10.5 Å². The molecule has 0 amide bonds. The second-order valence-electron chi connectivity index (χ2n) is 5.08. The van der Waals surface area contributed by atoms with Gasteiger partial charge in [0.1, 0.15) is 0 Å². The fraction of sp³-hybridized carbons (Fsp3) is 0.438. The summed E-state index contributed by atoms with van der Waals surface area (Å²) in [6, 6.07) is 8.55. The Morgan fingerprint density at radius 2 is 2.29 bits per heavy atom. The first-order chi connectivity index (χ1) is 10.2. The number of nitrogens with one attached hydrogen (secondary N) is 1. The molecule has 2 aromatic rings. The van der Waals surface area contributed by atoms with E-state index in [1.54, 1.807) is 0 Å². The molecule has 1 aromatic heterocycles. The number of rotatable bonds is 8. The smallest absolute Gasteiger partial charge is 0.0521 e. The lowest BCUT2D eigenvalue weighted by Crippen LogP contribution is -2.31. The molecule has 0 bridgehead atoms. The van der Waals surface area contributed by atoms with Crippen molar-refractivity contribution < 1.29 is 0 Å². The molecule has 2 rings (SSSR count). The highest BCUT2D eigenvalue weighted by molar-refractivity contribution is 7.99. The van der Waals surface area contributed by atoms with Crippen LogP contribution in [0.3, 0.4) is 0 Å². The molecule has 1 aromatic carbocycles. The van der Waals surface area contributed by atoms with Gasteiger partial charge in [0.25, 0.3) is 0 Å². The van der Waals surface area contributed by atoms with Crippen LogP contribution in [0.1, 0.15) is 18.9 Å². The van der Waals surface area contributed by atoms with Crippen LogP contribution >= 0.6 is 23.4 Å². The Labute approximate surface area is 136 Å². The van der Waals surface area contributed by atoms with Crippen molar-refractivity contribution in [1.29, 1.82) is 0 Å². The van der Waals surface area contributed by atoms with Crippen LogP contribution < -0.4 is 5.32 Å². The summed E-state index contributed by atoms with van der Waals surface area (Å²) in [5.74, 6) is 1.05. The minimum atomic E-state index is 0.499. The molecule has 1 heterocycles. The molecule has 1 unspecified atom stereocenters. The third-order valence-corrected chi connectivity index (χ3v) is 4.67. The monoisotopic (exact) mass is 323 g/mol. The van der Waals surface area contributed by atoms with E-state index in [1.807, 2.05) is 47.9 Å². The molecule has 21 heavy (non-hydrogen) atoms. The molecule has 0 aliphatic carbocycles. The second-order valence-corrected chi connectivity index (χ2v) is 6.61. The molecule has 0 aliphatic rings. The van der Waals surface area contributed by atoms with Gasteiger partial charge in [-0.15, -0.1) is 11.8 Å². The van der Waals surface area contributed by atoms with E-state index >= 15 is 0 Å². The number of hydrogen-bond donors (Lipinski definition) is 1. The number of aromatic nitrogens is 2. The van der Waals surface area contributed by atoms with Crippen LogP contribution in [0.15, 0.2) is 41.6 Å². The average Bonchev–Trinajstić information content (AvgIpc) is 2.88. The average molecular weight is 324 g/mol. The lowest BCUT2D eigenvalue weighted by molar-refractivity contribution is 0.537. The van der Waals surface area contributed by atoms with Gasteiger partial charge in [-0.1, -0.05) is 24.6 Å². The summed E-state index contributed by atoms with van der Waals surface area (Å²) in [4.78, 5) is 1.23. The summed E-state index contributed by atoms with van der Waals surface area (Å²) in [5.41, 5.74) is 1.30. The Balaban J connectivity index is 1.83. The van der Waals surface area contributed by atoms with Crippen molar-refractivity contribution in [3.05, 3.63) is 47.2 Å². The summed E-state index contributed by atoms with van der Waals surface area (Å²) >= 11 is 7.88. The fourth-order valence-corrected chi connectivity index (χ4v) is 3.55. The van der Waals surface area contributed by atoms with Crippen LogP contribution in [0.25, 0.3) is 0 Å². The van der Waals surface area contributed by atoms with Crippen LogP contribution in [0.4, 0.5) is 0 Å². The zero-order chi connectivity index (χ0) is 15.1. The standard InChI is InChI=1S/C16H22ClN3S/c1-3-18-15(8-7-13-10-19-20(2)11-13)12-21-16-6-4-5-14(17)9-16/h4-6,9-11,15,18H,3,7-8,12H2,1-2H3. The van der Waals surface area contributed by atoms with Crippen molar-refractivity contribution >= 4 is 23.4 Å². The predicted octanol–water partition coefficient (Wildman–Crippen LogP) is 3.78. The van der Waals surface area contributed by atoms with E-state index in [4.69, 9.17) is 11.6 Å². The van der Waals surface area contributed by atoms with Crippen molar-refractivity contribution in [2.45, 2.75) is 30.7 Å². The maximum atomic E-state index is 6.03. The van der Waals surface area contributed by atoms with Gasteiger partial charge in [-0.2, -0.15) is 5.10 Å². The van der Waals surface area contributed by atoms with Crippen molar-refractivity contribution in [1.82, 2.24) is 15.1 Å². The Hall–Kier alpha value is -0.970. The van der Waals surface area contributed by atoms with Crippen LogP contribution in [0, 0.1) is 0 Å². The van der Waals surface area contributed by atoms with Crippen LogP contribution in [-0.4, -0.2) is 28.1 Å². The number of aryl methyl sites for hydroxylation is 2. The van der Waals surface area contributed by atoms with Gasteiger partial charge in [-0.25, -0.2) is 0 Å². The topological polar surface area (TPSA) is 29.9 Å². The normalized spacial score (nSPS) is 12.5. The number of nitrogens with zero attached hydrogens (tertiary/aromatic N) is 2. The van der Waals surface area contributed by atoms with Crippen molar-refractivity contribution in [3.63, 3.8) is 0 Å². The molecular formula is C16H22ClN3S. The van der Waals surface area contributed by atoms with Gasteiger partial charge >= 0.3 is 0 Å². The Bertz CT molecular complexity index is 556. The number of benzene rings is 1. The number of thioether (sulfide) groups is 1. The fourth-order valence-electron chi connectivity index (χ4n) is 2.23. The van der Waals surface area contributed by atoms with E-state index < -0.39 is 0 Å². The Morgan fingerprint density at radius 1 is 1.43 bits per heavy atom. The van der Waals surface area contributed by atoms with Gasteiger partial charge in [0, 0.05) is 35.0 Å². The van der Waals surface area contributed by atoms with Gasteiger partial charge in [0.2, 0.25) is 0 Å². The van der Waals surface area contributed by atoms with Crippen molar-refractivity contribution in [2.75, 3.05) is 12.3 Å². The van der Waals surface area contributed by atoms with E-state index in [0.29, 0.717) is 6.04 Å². The molecule has 0 saturated carbocycles. The van der Waals surface area contributed by atoms with Crippen LogP contribution in [0.5, 0.6) is 0 Å². The van der Waals surface area contributed by atoms with Crippen LogP contribution in [-0.2, 0) is 13.5 Å². The minimum Gasteiger partial charge on any atom is -0.313 e. The minimum absolute atomic E-state index is 0.499. The van der Waals surface area contributed by atoms with Crippen molar-refractivity contribution in [2.24, 2.45) is 7.05 Å². The maximum Gasteiger partial charge on any atom is 0.0521 e. The summed E-state index contributed by atoms with van der Waals surface area (Å²) in [6.45, 7) is 3.15. The van der Waals surface area contributed by atoms with E-state index in [-0.39, 0.29) is 0 Å². The van der Waals surface area contributed by atoms with Gasteiger partial charge in [-0.3, -0.25) is 4.68 Å². The van der Waals surface area contributed by atoms with Gasteiger partial charge in [0.05, 0.1) is 6.20 Å².